The molecule has 0 aromatic carbocycles. The molecule has 1 atom stereocenters. The molecule has 3 aromatic heterocycles. The number of nitrogens with zero attached hydrogens (tertiary/aromatic N) is 5. The average Bonchev–Trinajstić information content (AvgIpc) is 3.28. The van der Waals surface area contributed by atoms with Gasteiger partial charge in [-0.15, -0.1) is 22.7 Å². The van der Waals surface area contributed by atoms with E-state index in [0.717, 1.165) is 9.56 Å². The molecule has 9 heteroatoms. The smallest absolute Gasteiger partial charge is 0.337 e. The highest BCUT2D eigenvalue weighted by molar-refractivity contribution is 7.12. The lowest BCUT2D eigenvalue weighted by molar-refractivity contribution is -0.132. The summed E-state index contributed by atoms with van der Waals surface area (Å²) in [6.07, 6.45) is 0. The predicted molar refractivity (Wildman–Crippen MR) is 89.0 cm³/mol. The largest absolute Gasteiger partial charge is 0.369 e. The van der Waals surface area contributed by atoms with Gasteiger partial charge in [0.1, 0.15) is 11.5 Å². The van der Waals surface area contributed by atoms with Gasteiger partial charge in [0.25, 0.3) is 0 Å². The van der Waals surface area contributed by atoms with Gasteiger partial charge < -0.3 is 4.90 Å². The first-order valence-electron chi connectivity index (χ1n) is 6.93. The molecule has 3 aromatic rings. The molecule has 23 heavy (non-hydrogen) atoms. The Morgan fingerprint density at radius 1 is 1.26 bits per heavy atom. The maximum Gasteiger partial charge on any atom is 0.369 e. The SMILES string of the molecule is CC(c1cccs1)N(C)C(=O)Cn1nnn(-c2cccs2)c1=O. The number of hydrogen-bond acceptors (Lipinski definition) is 6. The van der Waals surface area contributed by atoms with Gasteiger partial charge >= 0.3 is 5.69 Å². The Bertz CT molecular complexity index is 835. The molecular formula is C14H15N5O2S2. The van der Waals surface area contributed by atoms with Crippen LogP contribution in [0.15, 0.2) is 39.8 Å². The summed E-state index contributed by atoms with van der Waals surface area (Å²) in [4.78, 5) is 27.4. The van der Waals surface area contributed by atoms with Gasteiger partial charge in [-0.1, -0.05) is 6.07 Å². The van der Waals surface area contributed by atoms with E-state index in [1.165, 1.54) is 16.0 Å². The van der Waals surface area contributed by atoms with Crippen LogP contribution in [0.1, 0.15) is 17.8 Å². The first-order valence-corrected chi connectivity index (χ1v) is 8.69. The lowest BCUT2D eigenvalue weighted by Gasteiger charge is -2.23. The summed E-state index contributed by atoms with van der Waals surface area (Å²) in [5, 5.41) is 12.1. The summed E-state index contributed by atoms with van der Waals surface area (Å²) in [5.74, 6) is -0.189. The van der Waals surface area contributed by atoms with Crippen molar-refractivity contribution in [2.24, 2.45) is 0 Å². The molecule has 7 nitrogen and oxygen atoms in total. The summed E-state index contributed by atoms with van der Waals surface area (Å²) in [5.41, 5.74) is -0.419. The number of carbonyl (C=O) groups excluding carboxylic acids is 1. The molecule has 1 unspecified atom stereocenters. The van der Waals surface area contributed by atoms with Gasteiger partial charge in [0, 0.05) is 11.9 Å². The van der Waals surface area contributed by atoms with Crippen LogP contribution >= 0.6 is 22.7 Å². The summed E-state index contributed by atoms with van der Waals surface area (Å²) in [6.45, 7) is 1.82. The van der Waals surface area contributed by atoms with E-state index < -0.39 is 5.69 Å². The van der Waals surface area contributed by atoms with Crippen LogP contribution in [-0.2, 0) is 11.3 Å². The number of tetrazole rings is 1. The maximum absolute atomic E-state index is 12.4. The molecule has 0 aliphatic heterocycles. The second-order valence-electron chi connectivity index (χ2n) is 4.98. The van der Waals surface area contributed by atoms with E-state index in [9.17, 15) is 9.59 Å². The Hall–Kier alpha value is -2.26. The first-order chi connectivity index (χ1) is 11.1. The molecule has 0 N–H and O–H groups in total. The summed E-state index contributed by atoms with van der Waals surface area (Å²) < 4.78 is 2.28. The van der Waals surface area contributed by atoms with E-state index in [1.807, 2.05) is 35.9 Å². The fraction of sp³-hybridized carbons (Fsp3) is 0.286. The van der Waals surface area contributed by atoms with Crippen LogP contribution in [0, 0.1) is 0 Å². The van der Waals surface area contributed by atoms with Gasteiger partial charge in [-0.2, -0.15) is 9.36 Å². The van der Waals surface area contributed by atoms with E-state index in [-0.39, 0.29) is 18.5 Å². The molecule has 3 rings (SSSR count). The highest BCUT2D eigenvalue weighted by Gasteiger charge is 2.20. The highest BCUT2D eigenvalue weighted by atomic mass is 32.1. The van der Waals surface area contributed by atoms with Crippen LogP contribution in [-0.4, -0.2) is 37.6 Å². The molecule has 0 aliphatic carbocycles. The zero-order valence-electron chi connectivity index (χ0n) is 12.6. The van der Waals surface area contributed by atoms with Crippen molar-refractivity contribution in [3.63, 3.8) is 0 Å². The van der Waals surface area contributed by atoms with E-state index >= 15 is 0 Å². The van der Waals surface area contributed by atoms with E-state index in [2.05, 4.69) is 10.4 Å². The van der Waals surface area contributed by atoms with Gasteiger partial charge in [-0.05, 0) is 46.3 Å². The van der Waals surface area contributed by atoms with E-state index in [1.54, 1.807) is 29.4 Å². The zero-order chi connectivity index (χ0) is 16.4. The van der Waals surface area contributed by atoms with Gasteiger partial charge in [-0.3, -0.25) is 4.79 Å². The van der Waals surface area contributed by atoms with Crippen molar-refractivity contribution in [2.45, 2.75) is 19.5 Å². The predicted octanol–water partition coefficient (Wildman–Crippen LogP) is 1.77. The third kappa shape index (κ3) is 3.10. The number of likely N-dealkylation sites (N-methyl/N-ethyl adjacent to an activating group) is 1. The summed E-state index contributed by atoms with van der Waals surface area (Å²) in [6, 6.07) is 7.49. The van der Waals surface area contributed by atoms with Crippen LogP contribution in [0.4, 0.5) is 0 Å². The molecule has 0 aliphatic rings. The Balaban J connectivity index is 1.75. The van der Waals surface area contributed by atoms with Crippen molar-refractivity contribution in [1.29, 1.82) is 0 Å². The van der Waals surface area contributed by atoms with Crippen molar-refractivity contribution in [3.05, 3.63) is 50.4 Å². The molecule has 0 bridgehead atoms. The van der Waals surface area contributed by atoms with Crippen molar-refractivity contribution in [1.82, 2.24) is 24.7 Å². The average molecular weight is 349 g/mol. The maximum atomic E-state index is 12.4. The number of amides is 1. The van der Waals surface area contributed by atoms with Crippen molar-refractivity contribution < 1.29 is 4.79 Å². The quantitative estimate of drug-likeness (QED) is 0.704. The van der Waals surface area contributed by atoms with Gasteiger partial charge in [0.15, 0.2) is 0 Å². The van der Waals surface area contributed by atoms with Gasteiger partial charge in [0.2, 0.25) is 5.91 Å². The molecule has 3 heterocycles. The highest BCUT2D eigenvalue weighted by Crippen LogP contribution is 2.23. The minimum absolute atomic E-state index is 0.0504. The molecule has 1 amide bonds. The Labute approximate surface area is 140 Å². The van der Waals surface area contributed by atoms with Crippen molar-refractivity contribution in [2.75, 3.05) is 7.05 Å². The topological polar surface area (TPSA) is 73.0 Å². The van der Waals surface area contributed by atoms with Crippen LogP contribution in [0.2, 0.25) is 0 Å². The molecule has 0 saturated heterocycles. The number of thiophene rings is 2. The Kier molecular flexibility index (Phi) is 4.39. The monoisotopic (exact) mass is 349 g/mol. The van der Waals surface area contributed by atoms with Crippen molar-refractivity contribution in [3.8, 4) is 5.00 Å². The van der Waals surface area contributed by atoms with Crippen LogP contribution in [0.5, 0.6) is 0 Å². The molecule has 120 valence electrons. The van der Waals surface area contributed by atoms with Gasteiger partial charge in [-0.25, -0.2) is 4.79 Å². The first kappa shape index (κ1) is 15.6. The van der Waals surface area contributed by atoms with E-state index in [4.69, 9.17) is 0 Å². The lowest BCUT2D eigenvalue weighted by atomic mass is 10.2. The number of rotatable bonds is 5. The second kappa shape index (κ2) is 6.47. The standard InChI is InChI=1S/C14H15N5O2S2/c1-10(11-5-3-7-22-11)17(2)12(20)9-18-14(21)19(16-15-18)13-6-4-8-23-13/h3-8,10H,9H2,1-2H3. The Morgan fingerprint density at radius 2 is 2.00 bits per heavy atom. The molecule has 0 saturated carbocycles. The molecular weight excluding hydrogens is 334 g/mol. The zero-order valence-corrected chi connectivity index (χ0v) is 14.3. The summed E-state index contributed by atoms with van der Waals surface area (Å²) in [7, 11) is 1.72. The Morgan fingerprint density at radius 3 is 2.65 bits per heavy atom. The van der Waals surface area contributed by atoms with Crippen LogP contribution in [0.25, 0.3) is 5.00 Å². The van der Waals surface area contributed by atoms with E-state index in [0.29, 0.717) is 5.00 Å². The van der Waals surface area contributed by atoms with Gasteiger partial charge in [0.05, 0.1) is 6.04 Å². The van der Waals surface area contributed by atoms with Crippen LogP contribution < -0.4 is 5.69 Å². The lowest BCUT2D eigenvalue weighted by Crippen LogP contribution is -2.36. The third-order valence-corrected chi connectivity index (χ3v) is 5.45. The fourth-order valence-corrected chi connectivity index (χ4v) is 3.57. The van der Waals surface area contributed by atoms with Crippen LogP contribution in [0.3, 0.4) is 0 Å². The normalized spacial score (nSPS) is 12.3. The number of carbonyl (C=O) groups is 1. The number of aromatic nitrogens is 4. The third-order valence-electron chi connectivity index (χ3n) is 3.57. The molecule has 0 spiro atoms. The van der Waals surface area contributed by atoms with Crippen molar-refractivity contribution >= 4 is 28.6 Å². The minimum Gasteiger partial charge on any atom is -0.337 e. The minimum atomic E-state index is -0.419. The number of hydrogen-bond donors (Lipinski definition) is 0. The second-order valence-corrected chi connectivity index (χ2v) is 6.88. The fourth-order valence-electron chi connectivity index (χ4n) is 2.08. The molecule has 0 radical (unpaired) electrons. The summed E-state index contributed by atoms with van der Waals surface area (Å²) >= 11 is 2.98. The molecule has 0 fully saturated rings.